The summed E-state index contributed by atoms with van der Waals surface area (Å²) in [6, 6.07) is 15.4. The second kappa shape index (κ2) is 17.9. The molecule has 0 aliphatic heterocycles. The molecule has 0 aliphatic carbocycles. The summed E-state index contributed by atoms with van der Waals surface area (Å²) in [5, 5.41) is 0. The predicted octanol–water partition coefficient (Wildman–Crippen LogP) is 6.42. The Labute approximate surface area is 279 Å². The minimum atomic E-state index is -0.733. The molecular formula is C39H34O9. The molecule has 0 saturated heterocycles. The van der Waals surface area contributed by atoms with Gasteiger partial charge in [-0.1, -0.05) is 50.3 Å². The van der Waals surface area contributed by atoms with Crippen molar-refractivity contribution < 1.29 is 42.9 Å². The third kappa shape index (κ3) is 10.9. The van der Waals surface area contributed by atoms with E-state index in [0.717, 1.165) is 23.8 Å². The van der Waals surface area contributed by atoms with Crippen LogP contribution in [-0.4, -0.2) is 37.1 Å². The van der Waals surface area contributed by atoms with Gasteiger partial charge in [0.2, 0.25) is 0 Å². The molecule has 48 heavy (non-hydrogen) atoms. The standard InChI is InChI=1S/C39H34O9/c1-7-35(40)46-32-20-15-28(16-21-32)12-17-30-25-34(47-36(41)8-2)33(38(27(30)6)48-37(42)9-3)11-10-23-44-31-18-13-29(14-19-31)22-24-45-39(43)26(4)5/h7-11,13-16,18-21,25H,1-4,22-24H2,5-6H3. The number of benzene rings is 3. The monoisotopic (exact) mass is 646 g/mol. The average Bonchev–Trinajstić information content (AvgIpc) is 3.09. The maximum Gasteiger partial charge on any atom is 0.335 e. The number of esters is 4. The van der Waals surface area contributed by atoms with E-state index in [1.54, 1.807) is 68.5 Å². The van der Waals surface area contributed by atoms with Crippen molar-refractivity contribution in [2.24, 2.45) is 0 Å². The van der Waals surface area contributed by atoms with Crippen molar-refractivity contribution >= 4 is 30.0 Å². The van der Waals surface area contributed by atoms with Crippen LogP contribution in [0.25, 0.3) is 6.08 Å². The summed E-state index contributed by atoms with van der Waals surface area (Å²) in [4.78, 5) is 47.6. The highest BCUT2D eigenvalue weighted by atomic mass is 16.6. The second-order valence-corrected chi connectivity index (χ2v) is 9.96. The summed E-state index contributed by atoms with van der Waals surface area (Å²) >= 11 is 0. The number of hydrogen-bond acceptors (Lipinski definition) is 9. The Hall–Kier alpha value is -6.40. The quantitative estimate of drug-likeness (QED) is 0.0847. The average molecular weight is 647 g/mol. The van der Waals surface area contributed by atoms with Crippen molar-refractivity contribution in [1.29, 1.82) is 0 Å². The normalized spacial score (nSPS) is 10.1. The van der Waals surface area contributed by atoms with Crippen molar-refractivity contribution in [3.8, 4) is 34.8 Å². The molecule has 0 aliphatic rings. The first-order valence-corrected chi connectivity index (χ1v) is 14.6. The zero-order valence-electron chi connectivity index (χ0n) is 26.7. The highest BCUT2D eigenvalue weighted by Gasteiger charge is 2.19. The molecular weight excluding hydrogens is 612 g/mol. The molecule has 3 aromatic carbocycles. The van der Waals surface area contributed by atoms with Crippen LogP contribution in [0, 0.1) is 18.8 Å². The third-order valence-corrected chi connectivity index (χ3v) is 6.38. The summed E-state index contributed by atoms with van der Waals surface area (Å²) in [7, 11) is 0. The lowest BCUT2D eigenvalue weighted by Crippen LogP contribution is -2.10. The van der Waals surface area contributed by atoms with Crippen LogP contribution in [0.3, 0.4) is 0 Å². The van der Waals surface area contributed by atoms with Crippen LogP contribution in [-0.2, 0) is 30.3 Å². The maximum atomic E-state index is 12.3. The van der Waals surface area contributed by atoms with E-state index in [0.29, 0.717) is 45.7 Å². The molecule has 0 fully saturated rings. The van der Waals surface area contributed by atoms with E-state index in [2.05, 4.69) is 38.2 Å². The molecule has 0 spiro atoms. The summed E-state index contributed by atoms with van der Waals surface area (Å²) in [5.74, 6) is 4.65. The molecule has 0 saturated carbocycles. The molecule has 0 heterocycles. The first-order valence-electron chi connectivity index (χ1n) is 14.6. The Morgan fingerprint density at radius 3 is 2.02 bits per heavy atom. The minimum Gasteiger partial charge on any atom is -0.490 e. The van der Waals surface area contributed by atoms with E-state index in [4.69, 9.17) is 23.7 Å². The fourth-order valence-corrected chi connectivity index (χ4v) is 3.90. The van der Waals surface area contributed by atoms with Crippen LogP contribution in [0.2, 0.25) is 0 Å². The molecule has 9 heteroatoms. The minimum absolute atomic E-state index is 0.0706. The van der Waals surface area contributed by atoms with E-state index in [1.807, 2.05) is 12.1 Å². The van der Waals surface area contributed by atoms with E-state index in [9.17, 15) is 19.2 Å². The largest absolute Gasteiger partial charge is 0.490 e. The van der Waals surface area contributed by atoms with E-state index >= 15 is 0 Å². The second-order valence-electron chi connectivity index (χ2n) is 9.96. The fraction of sp³-hybridized carbons (Fsp3) is 0.128. The fourth-order valence-electron chi connectivity index (χ4n) is 3.90. The molecule has 3 rings (SSSR count). The van der Waals surface area contributed by atoms with Crippen molar-refractivity contribution in [2.75, 3.05) is 13.2 Å². The number of carbonyl (C=O) groups excluding carboxylic acids is 4. The van der Waals surface area contributed by atoms with Gasteiger partial charge < -0.3 is 23.7 Å². The number of rotatable bonds is 14. The van der Waals surface area contributed by atoms with E-state index < -0.39 is 23.9 Å². The van der Waals surface area contributed by atoms with Crippen molar-refractivity contribution in [2.45, 2.75) is 20.3 Å². The van der Waals surface area contributed by atoms with E-state index in [-0.39, 0.29) is 24.7 Å². The summed E-state index contributed by atoms with van der Waals surface area (Å²) in [6.07, 6.45) is 6.89. The summed E-state index contributed by atoms with van der Waals surface area (Å²) < 4.78 is 27.2. The Balaban J connectivity index is 1.86. The van der Waals surface area contributed by atoms with E-state index in [1.165, 1.54) is 0 Å². The van der Waals surface area contributed by atoms with Gasteiger partial charge in [-0.2, -0.15) is 0 Å². The first kappa shape index (κ1) is 36.1. The number of carbonyl (C=O) groups is 4. The van der Waals surface area contributed by atoms with Gasteiger partial charge >= 0.3 is 23.9 Å². The van der Waals surface area contributed by atoms with Gasteiger partial charge in [-0.05, 0) is 74.0 Å². The van der Waals surface area contributed by atoms with Gasteiger partial charge in [0.25, 0.3) is 0 Å². The lowest BCUT2D eigenvalue weighted by molar-refractivity contribution is -0.139. The molecule has 0 amide bonds. The number of ether oxygens (including phenoxy) is 5. The Kier molecular flexibility index (Phi) is 13.5. The maximum absolute atomic E-state index is 12.3. The van der Waals surface area contributed by atoms with Crippen molar-refractivity contribution in [1.82, 2.24) is 0 Å². The molecule has 0 unspecified atom stereocenters. The topological polar surface area (TPSA) is 114 Å². The lowest BCUT2D eigenvalue weighted by atomic mass is 10.0. The number of hydrogen-bond donors (Lipinski definition) is 0. The molecule has 0 atom stereocenters. The highest BCUT2D eigenvalue weighted by Crippen LogP contribution is 2.36. The van der Waals surface area contributed by atoms with Gasteiger partial charge in [-0.25, -0.2) is 19.2 Å². The van der Waals surface area contributed by atoms with Crippen molar-refractivity contribution in [3.05, 3.63) is 139 Å². The van der Waals surface area contributed by atoms with Gasteiger partial charge in [-0.3, -0.25) is 0 Å². The van der Waals surface area contributed by atoms with Crippen LogP contribution in [0.4, 0.5) is 0 Å². The summed E-state index contributed by atoms with van der Waals surface area (Å²) in [6.45, 7) is 17.5. The lowest BCUT2D eigenvalue weighted by Gasteiger charge is -2.16. The molecule has 0 radical (unpaired) electrons. The van der Waals surface area contributed by atoms with Crippen molar-refractivity contribution in [3.63, 3.8) is 0 Å². The first-order chi connectivity index (χ1) is 23.0. The predicted molar refractivity (Wildman–Crippen MR) is 182 cm³/mol. The van der Waals surface area contributed by atoms with Gasteiger partial charge in [-0.15, -0.1) is 0 Å². The van der Waals surface area contributed by atoms with Crippen LogP contribution < -0.4 is 18.9 Å². The third-order valence-electron chi connectivity index (χ3n) is 6.38. The van der Waals surface area contributed by atoms with Gasteiger partial charge in [0.15, 0.2) is 0 Å². The van der Waals surface area contributed by atoms with Crippen LogP contribution in [0.1, 0.15) is 34.7 Å². The molecule has 244 valence electrons. The Bertz CT molecular complexity index is 1820. The van der Waals surface area contributed by atoms with Gasteiger partial charge in [0.05, 0.1) is 12.2 Å². The molecule has 3 aromatic rings. The molecule has 0 aromatic heterocycles. The van der Waals surface area contributed by atoms with Crippen LogP contribution in [0.15, 0.2) is 111 Å². The molecule has 9 nitrogen and oxygen atoms in total. The molecule has 0 N–H and O–H groups in total. The smallest absolute Gasteiger partial charge is 0.335 e. The SMILES string of the molecule is C=CC(=O)Oc1ccc(C#Cc2cc(OC(=O)C=C)c(C=CCOc3ccc(CCOC(=O)C(=C)C)cc3)c(OC(=O)C=C)c2C)cc1. The van der Waals surface area contributed by atoms with Gasteiger partial charge in [0.1, 0.15) is 29.6 Å². The Morgan fingerprint density at radius 1 is 0.792 bits per heavy atom. The summed E-state index contributed by atoms with van der Waals surface area (Å²) in [5.41, 5.74) is 3.11. The van der Waals surface area contributed by atoms with Gasteiger partial charge in [0, 0.05) is 46.9 Å². The Morgan fingerprint density at radius 2 is 1.40 bits per heavy atom. The van der Waals surface area contributed by atoms with Crippen LogP contribution in [0.5, 0.6) is 23.0 Å². The highest BCUT2D eigenvalue weighted by molar-refractivity contribution is 5.88. The zero-order chi connectivity index (χ0) is 35.1. The van der Waals surface area contributed by atoms with Crippen LogP contribution >= 0.6 is 0 Å². The molecule has 0 bridgehead atoms. The zero-order valence-corrected chi connectivity index (χ0v) is 26.7.